The Hall–Kier alpha value is -3.88. The molecule has 3 aromatic heterocycles. The smallest absolute Gasteiger partial charge is 0.383 e. The molecule has 3 aromatic rings. The number of aromatic amines is 1. The summed E-state index contributed by atoms with van der Waals surface area (Å²) < 4.78 is 90.5. The predicted molar refractivity (Wildman–Crippen MR) is 231 cm³/mol. The molecule has 9 atom stereocenters. The second-order valence-corrected chi connectivity index (χ2v) is 22.5. The molecule has 0 radical (unpaired) electrons. The van der Waals surface area contributed by atoms with Crippen LogP contribution in [0.1, 0.15) is 24.2 Å². The highest BCUT2D eigenvalue weighted by Gasteiger charge is 2.47. The molecular formula is C34H56N14O13P3+. The Balaban J connectivity index is 1.25. The Bertz CT molecular complexity index is 2480. The largest absolute Gasteiger partial charge is 0.615 e. The highest BCUT2D eigenvalue weighted by atomic mass is 31.2. The van der Waals surface area contributed by atoms with Gasteiger partial charge in [-0.15, -0.1) is 4.52 Å². The third-order valence-electron chi connectivity index (χ3n) is 10.4. The van der Waals surface area contributed by atoms with E-state index < -0.39 is 83.1 Å². The summed E-state index contributed by atoms with van der Waals surface area (Å²) in [6.45, 7) is 0.856. The van der Waals surface area contributed by atoms with Gasteiger partial charge in [-0.2, -0.15) is 9.97 Å². The minimum Gasteiger partial charge on any atom is -0.383 e. The molecule has 0 amide bonds. The van der Waals surface area contributed by atoms with Crippen molar-refractivity contribution in [1.82, 2.24) is 57.3 Å². The molecule has 6 rings (SSSR count). The van der Waals surface area contributed by atoms with Gasteiger partial charge in [0.05, 0.1) is 38.5 Å². The molecule has 0 aliphatic carbocycles. The number of nitrogens with two attached hydrogens (primary N) is 2. The number of aromatic nitrogens is 6. The number of hydrogen-bond donors (Lipinski definition) is 4. The van der Waals surface area contributed by atoms with E-state index in [2.05, 4.69) is 20.3 Å². The van der Waals surface area contributed by atoms with Crippen molar-refractivity contribution in [3.63, 3.8) is 0 Å². The lowest BCUT2D eigenvalue weighted by Gasteiger charge is -2.45. The highest BCUT2D eigenvalue weighted by Crippen LogP contribution is 2.57. The summed E-state index contributed by atoms with van der Waals surface area (Å²) in [4.78, 5) is 60.7. The number of ether oxygens (including phenoxy) is 3. The molecule has 3 aliphatic rings. The van der Waals surface area contributed by atoms with Gasteiger partial charge in [0.1, 0.15) is 24.3 Å². The summed E-state index contributed by atoms with van der Waals surface area (Å²) in [6, 6.07) is 2.82. The molecule has 4 unspecified atom stereocenters. The molecule has 0 bridgehead atoms. The fraction of sp³-hybridized carbons (Fsp3) is 0.647. The Morgan fingerprint density at radius 1 is 0.734 bits per heavy atom. The van der Waals surface area contributed by atoms with E-state index in [0.717, 1.165) is 0 Å². The molecule has 6 N–H and O–H groups in total. The Morgan fingerprint density at radius 2 is 1.22 bits per heavy atom. The second-order valence-electron chi connectivity index (χ2n) is 15.8. The van der Waals surface area contributed by atoms with Crippen molar-refractivity contribution < 1.29 is 41.5 Å². The zero-order valence-corrected chi connectivity index (χ0v) is 39.2. The summed E-state index contributed by atoms with van der Waals surface area (Å²) in [5.74, 6) is -0.0383. The average Bonchev–Trinajstić information content (AvgIpc) is 3.24. The molecule has 64 heavy (non-hydrogen) atoms. The van der Waals surface area contributed by atoms with Crippen LogP contribution in [0, 0.1) is 6.92 Å². The molecule has 354 valence electrons. The normalized spacial score (nSPS) is 25.9. The first-order valence-electron chi connectivity index (χ1n) is 20.0. The minimum absolute atomic E-state index is 0.0104. The van der Waals surface area contributed by atoms with Crippen LogP contribution in [0.15, 0.2) is 49.9 Å². The van der Waals surface area contributed by atoms with Crippen LogP contribution in [0.25, 0.3) is 0 Å². The van der Waals surface area contributed by atoms with E-state index in [0.29, 0.717) is 5.56 Å². The van der Waals surface area contributed by atoms with Gasteiger partial charge in [-0.05, 0) is 51.8 Å². The first kappa shape index (κ1) is 49.6. The fourth-order valence-electron chi connectivity index (χ4n) is 7.06. The van der Waals surface area contributed by atoms with Crippen molar-refractivity contribution in [3.8, 4) is 0 Å². The number of nitrogens with one attached hydrogen (secondary N) is 2. The summed E-state index contributed by atoms with van der Waals surface area (Å²) >= 11 is 0. The molecule has 3 aliphatic heterocycles. The molecule has 27 nitrogen and oxygen atoms in total. The van der Waals surface area contributed by atoms with E-state index in [1.807, 2.05) is 0 Å². The van der Waals surface area contributed by atoms with Crippen molar-refractivity contribution in [1.29, 1.82) is 0 Å². The maximum Gasteiger partial charge on any atom is 0.615 e. The van der Waals surface area contributed by atoms with Crippen molar-refractivity contribution in [2.24, 2.45) is 0 Å². The summed E-state index contributed by atoms with van der Waals surface area (Å²) in [5, 5.41) is 3.18. The van der Waals surface area contributed by atoms with Gasteiger partial charge in [0.25, 0.3) is 5.56 Å². The van der Waals surface area contributed by atoms with Gasteiger partial charge in [-0.3, -0.25) is 32.6 Å². The molecule has 0 spiro atoms. The van der Waals surface area contributed by atoms with Gasteiger partial charge in [-0.25, -0.2) is 33.1 Å². The van der Waals surface area contributed by atoms with Crippen molar-refractivity contribution in [3.05, 3.63) is 78.1 Å². The quantitative estimate of drug-likeness (QED) is 0.118. The number of nitrogen functional groups attached to an aromatic ring is 2. The predicted octanol–water partition coefficient (Wildman–Crippen LogP) is -0.983. The van der Waals surface area contributed by atoms with Gasteiger partial charge in [0, 0.05) is 64.4 Å². The lowest BCUT2D eigenvalue weighted by molar-refractivity contribution is -0.128. The lowest BCUT2D eigenvalue weighted by atomic mass is 10.3. The number of H-pyrrole nitrogens is 1. The molecule has 6 heterocycles. The highest BCUT2D eigenvalue weighted by molar-refractivity contribution is 7.54. The zero-order chi connectivity index (χ0) is 46.7. The van der Waals surface area contributed by atoms with Crippen LogP contribution in [0.5, 0.6) is 0 Å². The van der Waals surface area contributed by atoms with Crippen molar-refractivity contribution in [2.75, 3.05) is 113 Å². The van der Waals surface area contributed by atoms with Gasteiger partial charge < -0.3 is 40.0 Å². The Morgan fingerprint density at radius 3 is 1.70 bits per heavy atom. The van der Waals surface area contributed by atoms with Gasteiger partial charge in [0.2, 0.25) is 0 Å². The van der Waals surface area contributed by atoms with Crippen LogP contribution in [0.2, 0.25) is 0 Å². The van der Waals surface area contributed by atoms with Crippen molar-refractivity contribution in [2.45, 2.75) is 43.9 Å². The van der Waals surface area contributed by atoms with E-state index in [4.69, 9.17) is 39.2 Å². The summed E-state index contributed by atoms with van der Waals surface area (Å²) in [7, 11) is -0.946. The number of aryl methyl sites for hydroxylation is 1. The topological polar surface area (TPSA) is 312 Å². The molecule has 30 heteroatoms. The van der Waals surface area contributed by atoms with Gasteiger partial charge >= 0.3 is 40.6 Å². The fourth-order valence-corrected chi connectivity index (χ4v) is 11.6. The van der Waals surface area contributed by atoms with E-state index in [1.54, 1.807) is 49.2 Å². The SMILES string of the molecule is Cc1cn(C2CNC[C@@H](CO[P@@](=O)(N(C)C)N3CC(n4ccc(N)nc4=O)O[C@H](CO[P@@](=O)(N(C)C)N4CC(n5ccc(N)nc5=O)O[C@H](CO[P+](=O)N(C)C)C4)C3)O2)c(=O)[nH]c1=O. The Labute approximate surface area is 368 Å². The number of anilines is 2. The standard InChI is InChI=1S/C34H55N14O13P3/c1-22-14-48(34(52)40-31(22)49)28-13-37-12-23(59-28)20-57-63(54,42(4)5)45-16-25(61-30(18-45)47-11-9-27(36)39-33(47)51)21-58-64(55,43(6)7)44-15-24(19-56-62(53)41(2)3)60-29(17-44)46-10-8-26(35)38-32(46)50/h8-11,14,23-25,28-30,37H,12-13,15-21H2,1-7H3,(H4-,35,36,38,39,40,49,50,51,52)/p+1/t23-,24-,25-,28?,29?,30?,63-,64-/m0/s1. The third-order valence-corrected chi connectivity index (χ3v) is 16.5. The zero-order valence-electron chi connectivity index (χ0n) is 36.5. The van der Waals surface area contributed by atoms with Crippen LogP contribution in [0.3, 0.4) is 0 Å². The number of morpholine rings is 3. The number of hydrogen-bond acceptors (Lipinski definition) is 18. The molecule has 0 saturated carbocycles. The monoisotopic (exact) mass is 961 g/mol. The second kappa shape index (κ2) is 20.7. The number of rotatable bonds is 17. The lowest BCUT2D eigenvalue weighted by Crippen LogP contribution is -2.51. The minimum atomic E-state index is -4.07. The maximum absolute atomic E-state index is 15.2. The first-order valence-corrected chi connectivity index (χ1v) is 24.2. The average molecular weight is 962 g/mol. The first-order chi connectivity index (χ1) is 30.2. The third kappa shape index (κ3) is 11.4. The maximum atomic E-state index is 15.2. The van der Waals surface area contributed by atoms with Crippen LogP contribution in [-0.2, 0) is 41.5 Å². The summed E-state index contributed by atoms with van der Waals surface area (Å²) in [5.41, 5.74) is 9.21. The molecule has 0 aromatic carbocycles. The van der Waals surface area contributed by atoms with Crippen LogP contribution in [0.4, 0.5) is 11.6 Å². The van der Waals surface area contributed by atoms with E-state index in [1.165, 1.54) is 67.8 Å². The summed E-state index contributed by atoms with van der Waals surface area (Å²) in [6.07, 6.45) is -1.38. The van der Waals surface area contributed by atoms with Gasteiger partial charge in [0.15, 0.2) is 18.7 Å². The van der Waals surface area contributed by atoms with E-state index >= 15 is 9.13 Å². The molecule has 3 fully saturated rings. The molecule has 3 saturated heterocycles. The Kier molecular flexibility index (Phi) is 16.1. The number of nitrogens with zero attached hydrogens (tertiary/aromatic N) is 10. The van der Waals surface area contributed by atoms with E-state index in [-0.39, 0.29) is 70.7 Å². The molecular weight excluding hydrogens is 905 g/mol. The van der Waals surface area contributed by atoms with E-state index in [9.17, 15) is 23.7 Å². The van der Waals surface area contributed by atoms with Crippen molar-refractivity contribution >= 4 is 35.2 Å². The van der Waals surface area contributed by atoms with Crippen LogP contribution in [-0.4, -0.2) is 172 Å². The van der Waals surface area contributed by atoms with Crippen LogP contribution < -0.4 is 39.4 Å². The van der Waals surface area contributed by atoms with Gasteiger partial charge in [-0.1, -0.05) is 4.67 Å². The van der Waals surface area contributed by atoms with Crippen LogP contribution >= 0.6 is 23.5 Å².